The molecule has 7 nitrogen and oxygen atoms in total. The maximum Gasteiger partial charge on any atom is 0.150 e. The zero-order chi connectivity index (χ0) is 25.9. The Hall–Kier alpha value is -3.49. The molecule has 2 heterocycles. The van der Waals surface area contributed by atoms with Gasteiger partial charge in [0.1, 0.15) is 11.5 Å². The van der Waals surface area contributed by atoms with Gasteiger partial charge in [-0.25, -0.2) is 18.9 Å². The molecule has 8 heteroatoms. The van der Waals surface area contributed by atoms with E-state index in [0.717, 1.165) is 28.7 Å². The average molecular weight is 503 g/mol. The Morgan fingerprint density at radius 1 is 1.11 bits per heavy atom. The summed E-state index contributed by atoms with van der Waals surface area (Å²) in [6.45, 7) is 9.74. The van der Waals surface area contributed by atoms with E-state index in [4.69, 9.17) is 10.7 Å². The highest BCUT2D eigenvalue weighted by Gasteiger charge is 2.16. The molecule has 0 bridgehead atoms. The summed E-state index contributed by atoms with van der Waals surface area (Å²) in [6, 6.07) is 15.8. The molecule has 0 aliphatic rings. The summed E-state index contributed by atoms with van der Waals surface area (Å²) >= 11 is 0. The number of anilines is 1. The summed E-state index contributed by atoms with van der Waals surface area (Å²) in [5, 5.41) is 4.48. The SMILES string of the molecule is C=S(=O)(NCCC(C)(C)C)c1ccc(C)c(-c2cnc(N)c(-c3cnn(Cc4ccccc4)c3)n2)c1. The van der Waals surface area contributed by atoms with Gasteiger partial charge < -0.3 is 5.73 Å². The highest BCUT2D eigenvalue weighted by molar-refractivity contribution is 7.98. The number of aryl methyl sites for hydroxylation is 1. The van der Waals surface area contributed by atoms with E-state index in [1.165, 1.54) is 0 Å². The van der Waals surface area contributed by atoms with Crippen LogP contribution in [0.3, 0.4) is 0 Å². The number of aromatic nitrogens is 4. The van der Waals surface area contributed by atoms with Crippen LogP contribution in [0.2, 0.25) is 0 Å². The highest BCUT2D eigenvalue weighted by Crippen LogP contribution is 2.29. The van der Waals surface area contributed by atoms with Crippen LogP contribution < -0.4 is 10.5 Å². The van der Waals surface area contributed by atoms with Gasteiger partial charge in [0.25, 0.3) is 0 Å². The van der Waals surface area contributed by atoms with Crippen LogP contribution in [0.25, 0.3) is 22.5 Å². The third kappa shape index (κ3) is 6.19. The summed E-state index contributed by atoms with van der Waals surface area (Å²) in [7, 11) is -2.66. The lowest BCUT2D eigenvalue weighted by atomic mass is 9.93. The topological polar surface area (TPSA) is 98.7 Å². The molecule has 1 unspecified atom stereocenters. The summed E-state index contributed by atoms with van der Waals surface area (Å²) in [6.07, 6.45) is 6.21. The van der Waals surface area contributed by atoms with E-state index in [0.29, 0.717) is 35.2 Å². The Morgan fingerprint density at radius 2 is 1.86 bits per heavy atom. The summed E-state index contributed by atoms with van der Waals surface area (Å²) in [4.78, 5) is 9.88. The molecule has 2 aromatic carbocycles. The van der Waals surface area contributed by atoms with E-state index in [9.17, 15) is 4.21 Å². The maximum absolute atomic E-state index is 13.4. The molecule has 0 amide bonds. The number of hydrogen-bond acceptors (Lipinski definition) is 5. The van der Waals surface area contributed by atoms with Crippen LogP contribution in [0.4, 0.5) is 5.82 Å². The van der Waals surface area contributed by atoms with Gasteiger partial charge in [0.2, 0.25) is 0 Å². The van der Waals surface area contributed by atoms with Crippen LogP contribution in [0.5, 0.6) is 0 Å². The Kier molecular flexibility index (Phi) is 7.28. The molecule has 4 aromatic rings. The third-order valence-corrected chi connectivity index (χ3v) is 7.66. The largest absolute Gasteiger partial charge is 0.382 e. The Morgan fingerprint density at radius 3 is 2.58 bits per heavy atom. The van der Waals surface area contributed by atoms with E-state index in [-0.39, 0.29) is 5.41 Å². The molecule has 0 radical (unpaired) electrons. The van der Waals surface area contributed by atoms with Crippen LogP contribution in [-0.2, 0) is 16.3 Å². The van der Waals surface area contributed by atoms with Gasteiger partial charge in [-0.05, 0) is 47.9 Å². The molecule has 0 spiro atoms. The molecular weight excluding hydrogens is 468 g/mol. The first-order valence-corrected chi connectivity index (χ1v) is 13.7. The van der Waals surface area contributed by atoms with Gasteiger partial charge in [0, 0.05) is 28.8 Å². The predicted molar refractivity (Wildman–Crippen MR) is 149 cm³/mol. The fraction of sp³-hybridized carbons (Fsp3) is 0.286. The normalized spacial score (nSPS) is 13.4. The molecule has 36 heavy (non-hydrogen) atoms. The van der Waals surface area contributed by atoms with Crippen molar-refractivity contribution in [3.05, 3.63) is 78.2 Å². The minimum atomic E-state index is -2.66. The molecule has 3 N–H and O–H groups in total. The van der Waals surface area contributed by atoms with Crippen molar-refractivity contribution in [3.63, 3.8) is 0 Å². The van der Waals surface area contributed by atoms with Crippen LogP contribution in [0, 0.1) is 12.3 Å². The van der Waals surface area contributed by atoms with Gasteiger partial charge in [-0.1, -0.05) is 57.2 Å². The fourth-order valence-electron chi connectivity index (χ4n) is 3.84. The van der Waals surface area contributed by atoms with Crippen LogP contribution in [0.1, 0.15) is 38.3 Å². The Labute approximate surface area is 214 Å². The van der Waals surface area contributed by atoms with Gasteiger partial charge in [-0.3, -0.25) is 4.68 Å². The van der Waals surface area contributed by atoms with E-state index in [2.05, 4.69) is 53.6 Å². The second kappa shape index (κ2) is 10.2. The van der Waals surface area contributed by atoms with Crippen LogP contribution in [0.15, 0.2) is 72.0 Å². The number of benzene rings is 2. The van der Waals surface area contributed by atoms with Crippen molar-refractivity contribution in [1.82, 2.24) is 24.5 Å². The molecule has 1 atom stereocenters. The monoisotopic (exact) mass is 502 g/mol. The molecule has 188 valence electrons. The van der Waals surface area contributed by atoms with Crippen molar-refractivity contribution < 1.29 is 4.21 Å². The Balaban J connectivity index is 1.62. The standard InChI is InChI=1S/C28H34N6OS/c1-20-11-12-23(36(5,35)32-14-13-28(2,3)4)15-24(20)25-17-30-27(29)26(33-25)22-16-31-34(19-22)18-21-9-7-6-8-10-21/h6-12,15-17,19H,5,13-14,18H2,1-4H3,(H2,29,30)(H,32,35). The van der Waals surface area contributed by atoms with E-state index in [1.54, 1.807) is 12.4 Å². The minimum absolute atomic E-state index is 0.145. The van der Waals surface area contributed by atoms with Crippen molar-refractivity contribution in [2.75, 3.05) is 12.3 Å². The van der Waals surface area contributed by atoms with Crippen molar-refractivity contribution in [2.24, 2.45) is 5.41 Å². The smallest absolute Gasteiger partial charge is 0.150 e. The number of nitrogen functional groups attached to an aromatic ring is 1. The molecule has 0 saturated heterocycles. The second-order valence-corrected chi connectivity index (χ2v) is 12.4. The molecular formula is C28H34N6OS. The molecule has 4 rings (SSSR count). The van der Waals surface area contributed by atoms with Crippen LogP contribution in [-0.4, -0.2) is 36.4 Å². The number of nitrogens with zero attached hydrogens (tertiary/aromatic N) is 4. The quantitative estimate of drug-likeness (QED) is 0.332. The number of rotatable bonds is 8. The summed E-state index contributed by atoms with van der Waals surface area (Å²) in [5.41, 5.74) is 11.3. The first kappa shape index (κ1) is 25.6. The van der Waals surface area contributed by atoms with Gasteiger partial charge in [0.15, 0.2) is 0 Å². The van der Waals surface area contributed by atoms with Crippen molar-refractivity contribution in [1.29, 1.82) is 0 Å². The van der Waals surface area contributed by atoms with Gasteiger partial charge in [-0.15, -0.1) is 0 Å². The van der Waals surface area contributed by atoms with E-state index >= 15 is 0 Å². The van der Waals surface area contributed by atoms with Gasteiger partial charge in [-0.2, -0.15) is 5.10 Å². The molecule has 0 aliphatic heterocycles. The predicted octanol–water partition coefficient (Wildman–Crippen LogP) is 4.96. The number of nitrogens with one attached hydrogen (secondary N) is 1. The molecule has 0 fully saturated rings. The average Bonchev–Trinajstić information content (AvgIpc) is 3.27. The molecule has 0 saturated carbocycles. The summed E-state index contributed by atoms with van der Waals surface area (Å²) in [5.74, 6) is 4.32. The zero-order valence-electron chi connectivity index (χ0n) is 21.4. The van der Waals surface area contributed by atoms with Crippen molar-refractivity contribution >= 4 is 21.4 Å². The Bertz CT molecular complexity index is 1450. The lowest BCUT2D eigenvalue weighted by molar-refractivity contribution is 0.379. The van der Waals surface area contributed by atoms with Crippen molar-refractivity contribution in [3.8, 4) is 22.5 Å². The number of nitrogens with two attached hydrogens (primary N) is 1. The van der Waals surface area contributed by atoms with Gasteiger partial charge >= 0.3 is 0 Å². The molecule has 2 aromatic heterocycles. The van der Waals surface area contributed by atoms with Gasteiger partial charge in [0.05, 0.1) is 34.3 Å². The minimum Gasteiger partial charge on any atom is -0.382 e. The number of hydrogen-bond donors (Lipinski definition) is 2. The van der Waals surface area contributed by atoms with E-state index in [1.807, 2.05) is 54.2 Å². The zero-order valence-corrected chi connectivity index (χ0v) is 22.2. The highest BCUT2D eigenvalue weighted by atomic mass is 32.2. The maximum atomic E-state index is 13.4. The summed E-state index contributed by atoms with van der Waals surface area (Å²) < 4.78 is 18.4. The second-order valence-electron chi connectivity index (χ2n) is 10.3. The third-order valence-electron chi connectivity index (χ3n) is 5.97. The lowest BCUT2D eigenvalue weighted by Crippen LogP contribution is -2.27. The fourth-order valence-corrected chi connectivity index (χ4v) is 5.03. The molecule has 0 aliphatic carbocycles. The first-order valence-electron chi connectivity index (χ1n) is 11.9. The first-order chi connectivity index (χ1) is 17.0. The van der Waals surface area contributed by atoms with Crippen LogP contribution >= 0.6 is 0 Å². The lowest BCUT2D eigenvalue weighted by Gasteiger charge is -2.20. The van der Waals surface area contributed by atoms with Crippen molar-refractivity contribution in [2.45, 2.75) is 45.6 Å². The van der Waals surface area contributed by atoms with E-state index < -0.39 is 9.71 Å².